The molecule has 0 fully saturated rings. The molecule has 5 heteroatoms. The minimum Gasteiger partial charge on any atom is -0.503 e. The molecule has 0 aromatic heterocycles. The number of para-hydroxylation sites is 1. The summed E-state index contributed by atoms with van der Waals surface area (Å²) in [7, 11) is 2.77. The second kappa shape index (κ2) is 7.52. The van der Waals surface area contributed by atoms with Crippen LogP contribution in [0, 0.1) is 0 Å². The van der Waals surface area contributed by atoms with Gasteiger partial charge in [0.25, 0.3) is 0 Å². The second-order valence-electron chi connectivity index (χ2n) is 4.31. The van der Waals surface area contributed by atoms with Gasteiger partial charge in [-0.1, -0.05) is 35.9 Å². The van der Waals surface area contributed by atoms with E-state index in [1.807, 2.05) is 6.07 Å². The second-order valence-corrected chi connectivity index (χ2v) is 4.75. The van der Waals surface area contributed by atoms with Gasteiger partial charge >= 0.3 is 5.97 Å². The Balaban J connectivity index is 2.41. The molecular formula is C17H15ClO4. The quantitative estimate of drug-likeness (QED) is 0.468. The summed E-state index contributed by atoms with van der Waals surface area (Å²) in [5.74, 6) is 0.559. The van der Waals surface area contributed by atoms with E-state index in [1.54, 1.807) is 42.5 Å². The Kier molecular flexibility index (Phi) is 5.44. The summed E-state index contributed by atoms with van der Waals surface area (Å²) in [6.07, 6.45) is 1.33. The van der Waals surface area contributed by atoms with E-state index in [1.165, 1.54) is 20.5 Å². The van der Waals surface area contributed by atoms with Crippen LogP contribution < -0.4 is 4.74 Å². The molecule has 0 atom stereocenters. The van der Waals surface area contributed by atoms with Gasteiger partial charge in [-0.15, -0.1) is 0 Å². The minimum absolute atomic E-state index is 0.266. The van der Waals surface area contributed by atoms with E-state index in [9.17, 15) is 4.79 Å². The molecule has 0 N–H and O–H groups in total. The minimum atomic E-state index is -0.510. The molecular weight excluding hydrogens is 304 g/mol. The summed E-state index contributed by atoms with van der Waals surface area (Å²) >= 11 is 5.95. The molecule has 2 rings (SSSR count). The Labute approximate surface area is 133 Å². The van der Waals surface area contributed by atoms with Crippen LogP contribution in [-0.4, -0.2) is 20.2 Å². The summed E-state index contributed by atoms with van der Waals surface area (Å²) in [5.41, 5.74) is 0.832. The summed E-state index contributed by atoms with van der Waals surface area (Å²) in [5, 5.41) is 0.565. The topological polar surface area (TPSA) is 44.8 Å². The predicted octanol–water partition coefficient (Wildman–Crippen LogP) is 4.29. The lowest BCUT2D eigenvalue weighted by Crippen LogP contribution is -2.05. The van der Waals surface area contributed by atoms with Crippen LogP contribution in [-0.2, 0) is 14.3 Å². The van der Waals surface area contributed by atoms with E-state index in [4.69, 9.17) is 25.8 Å². The summed E-state index contributed by atoms with van der Waals surface area (Å²) in [6, 6.07) is 14.1. The van der Waals surface area contributed by atoms with E-state index < -0.39 is 5.97 Å². The number of methoxy groups -OCH3 is 2. The SMILES string of the molecule is CO/C=C(\C(=O)OC)c1ccccc1Oc1cccc(Cl)c1. The Morgan fingerprint density at radius 3 is 2.55 bits per heavy atom. The first-order valence-electron chi connectivity index (χ1n) is 6.50. The standard InChI is InChI=1S/C17H15ClO4/c1-20-11-15(17(19)21-2)14-8-3-4-9-16(14)22-13-7-5-6-12(18)10-13/h3-11H,1-2H3/b15-11-. The number of carbonyl (C=O) groups excluding carboxylic acids is 1. The van der Waals surface area contributed by atoms with E-state index in [2.05, 4.69) is 0 Å². The van der Waals surface area contributed by atoms with Gasteiger partial charge in [0, 0.05) is 10.6 Å². The van der Waals surface area contributed by atoms with Gasteiger partial charge in [-0.3, -0.25) is 0 Å². The Morgan fingerprint density at radius 2 is 1.86 bits per heavy atom. The zero-order chi connectivity index (χ0) is 15.9. The lowest BCUT2D eigenvalue weighted by Gasteiger charge is -2.12. The van der Waals surface area contributed by atoms with Crippen LogP contribution in [0.25, 0.3) is 5.57 Å². The maximum Gasteiger partial charge on any atom is 0.341 e. The van der Waals surface area contributed by atoms with Crippen LogP contribution >= 0.6 is 11.6 Å². The molecule has 0 radical (unpaired) electrons. The van der Waals surface area contributed by atoms with Crippen molar-refractivity contribution in [2.24, 2.45) is 0 Å². The molecule has 0 saturated heterocycles. The van der Waals surface area contributed by atoms with Crippen molar-refractivity contribution < 1.29 is 19.0 Å². The van der Waals surface area contributed by atoms with E-state index in [0.717, 1.165) is 0 Å². The van der Waals surface area contributed by atoms with Gasteiger partial charge in [0.1, 0.15) is 17.1 Å². The van der Waals surface area contributed by atoms with Gasteiger partial charge < -0.3 is 14.2 Å². The number of hydrogen-bond donors (Lipinski definition) is 0. The van der Waals surface area contributed by atoms with Gasteiger partial charge in [0.2, 0.25) is 0 Å². The lowest BCUT2D eigenvalue weighted by atomic mass is 10.1. The highest BCUT2D eigenvalue weighted by Crippen LogP contribution is 2.31. The number of halogens is 1. The molecule has 4 nitrogen and oxygen atoms in total. The number of carbonyl (C=O) groups is 1. The molecule has 2 aromatic rings. The van der Waals surface area contributed by atoms with Gasteiger partial charge in [-0.25, -0.2) is 4.79 Å². The maximum atomic E-state index is 11.9. The van der Waals surface area contributed by atoms with E-state index in [0.29, 0.717) is 22.1 Å². The fourth-order valence-electron chi connectivity index (χ4n) is 1.88. The molecule has 0 aliphatic heterocycles. The molecule has 114 valence electrons. The van der Waals surface area contributed by atoms with Crippen molar-refractivity contribution in [3.05, 3.63) is 65.4 Å². The summed E-state index contributed by atoms with van der Waals surface area (Å²) in [6.45, 7) is 0. The molecule has 2 aromatic carbocycles. The van der Waals surface area contributed by atoms with Crippen LogP contribution in [0.5, 0.6) is 11.5 Å². The molecule has 0 heterocycles. The molecule has 0 saturated carbocycles. The Morgan fingerprint density at radius 1 is 1.09 bits per heavy atom. The first kappa shape index (κ1) is 15.9. The van der Waals surface area contributed by atoms with Crippen molar-refractivity contribution in [2.45, 2.75) is 0 Å². The van der Waals surface area contributed by atoms with Crippen molar-refractivity contribution in [1.29, 1.82) is 0 Å². The number of hydrogen-bond acceptors (Lipinski definition) is 4. The summed E-state index contributed by atoms with van der Waals surface area (Å²) in [4.78, 5) is 11.9. The Hall–Kier alpha value is -2.46. The first-order valence-corrected chi connectivity index (χ1v) is 6.87. The first-order chi connectivity index (χ1) is 10.7. The highest BCUT2D eigenvalue weighted by molar-refractivity contribution is 6.30. The van der Waals surface area contributed by atoms with Crippen molar-refractivity contribution >= 4 is 23.1 Å². The number of benzene rings is 2. The zero-order valence-corrected chi connectivity index (χ0v) is 13.0. The van der Waals surface area contributed by atoms with Crippen LogP contribution in [0.15, 0.2) is 54.8 Å². The van der Waals surface area contributed by atoms with Crippen molar-refractivity contribution in [3.8, 4) is 11.5 Å². The Bertz CT molecular complexity index is 695. The average Bonchev–Trinajstić information content (AvgIpc) is 2.53. The van der Waals surface area contributed by atoms with Crippen LogP contribution in [0.2, 0.25) is 5.02 Å². The lowest BCUT2D eigenvalue weighted by molar-refractivity contribution is -0.133. The molecule has 22 heavy (non-hydrogen) atoms. The normalized spacial score (nSPS) is 11.0. The third kappa shape index (κ3) is 3.80. The van der Waals surface area contributed by atoms with Crippen LogP contribution in [0.4, 0.5) is 0 Å². The van der Waals surface area contributed by atoms with Gasteiger partial charge in [-0.05, 0) is 24.3 Å². The van der Waals surface area contributed by atoms with Gasteiger partial charge in [0.15, 0.2) is 0 Å². The highest BCUT2D eigenvalue weighted by atomic mass is 35.5. The van der Waals surface area contributed by atoms with Crippen molar-refractivity contribution in [2.75, 3.05) is 14.2 Å². The third-order valence-corrected chi connectivity index (χ3v) is 3.08. The smallest absolute Gasteiger partial charge is 0.341 e. The third-order valence-electron chi connectivity index (χ3n) is 2.84. The van der Waals surface area contributed by atoms with Crippen molar-refractivity contribution in [3.63, 3.8) is 0 Å². The molecule has 0 aliphatic carbocycles. The fraction of sp³-hybridized carbons (Fsp3) is 0.118. The largest absolute Gasteiger partial charge is 0.503 e. The zero-order valence-electron chi connectivity index (χ0n) is 12.2. The summed E-state index contributed by atoms with van der Waals surface area (Å²) < 4.78 is 15.6. The average molecular weight is 319 g/mol. The van der Waals surface area contributed by atoms with Crippen molar-refractivity contribution in [1.82, 2.24) is 0 Å². The van der Waals surface area contributed by atoms with E-state index >= 15 is 0 Å². The van der Waals surface area contributed by atoms with Crippen LogP contribution in [0.1, 0.15) is 5.56 Å². The molecule has 0 spiro atoms. The fourth-order valence-corrected chi connectivity index (χ4v) is 2.07. The van der Waals surface area contributed by atoms with Crippen LogP contribution in [0.3, 0.4) is 0 Å². The number of rotatable bonds is 5. The maximum absolute atomic E-state index is 11.9. The highest BCUT2D eigenvalue weighted by Gasteiger charge is 2.18. The molecule has 0 unspecified atom stereocenters. The van der Waals surface area contributed by atoms with Gasteiger partial charge in [-0.2, -0.15) is 0 Å². The molecule has 0 bridgehead atoms. The molecule has 0 aliphatic rings. The molecule has 0 amide bonds. The predicted molar refractivity (Wildman–Crippen MR) is 85.0 cm³/mol. The number of esters is 1. The van der Waals surface area contributed by atoms with E-state index in [-0.39, 0.29) is 5.57 Å². The number of ether oxygens (including phenoxy) is 3. The van der Waals surface area contributed by atoms with Gasteiger partial charge in [0.05, 0.1) is 20.5 Å². The monoisotopic (exact) mass is 318 g/mol.